The molecule has 9 heteroatoms. The largest absolute Gasteiger partial charge is 0.394 e. The number of nitrogens with zero attached hydrogens (tertiary/aromatic N) is 2. The number of pyridine rings is 1. The maximum atomic E-state index is 13.2. The number of aromatic nitrogens is 1. The highest BCUT2D eigenvalue weighted by molar-refractivity contribution is 6.29. The van der Waals surface area contributed by atoms with Crippen molar-refractivity contribution in [1.82, 2.24) is 9.88 Å². The van der Waals surface area contributed by atoms with Crippen molar-refractivity contribution in [3.05, 3.63) is 94.5 Å². The van der Waals surface area contributed by atoms with Crippen LogP contribution in [0.5, 0.6) is 0 Å². The monoisotopic (exact) mass is 469 g/mol. The molecule has 2 unspecified atom stereocenters. The minimum Gasteiger partial charge on any atom is -0.394 e. The molecule has 2 N–H and O–H groups in total. The van der Waals surface area contributed by atoms with Crippen LogP contribution in [0.3, 0.4) is 0 Å². The molecule has 170 valence electrons. The average Bonchev–Trinajstić information content (AvgIpc) is 2.82. The van der Waals surface area contributed by atoms with E-state index in [0.29, 0.717) is 11.3 Å². The van der Waals surface area contributed by atoms with E-state index in [1.165, 1.54) is 24.4 Å². The van der Waals surface area contributed by atoms with Gasteiger partial charge in [0, 0.05) is 24.0 Å². The van der Waals surface area contributed by atoms with Crippen molar-refractivity contribution in [3.63, 3.8) is 0 Å². The lowest BCUT2D eigenvalue weighted by Crippen LogP contribution is -2.52. The first-order valence-electron chi connectivity index (χ1n) is 10.2. The van der Waals surface area contributed by atoms with Crippen LogP contribution in [0, 0.1) is 5.82 Å². The zero-order valence-electron chi connectivity index (χ0n) is 17.4. The number of ether oxygens (including phenoxy) is 1. The van der Waals surface area contributed by atoms with Crippen LogP contribution in [0.1, 0.15) is 27.6 Å². The van der Waals surface area contributed by atoms with E-state index >= 15 is 0 Å². The summed E-state index contributed by atoms with van der Waals surface area (Å²) in [6.07, 6.45) is 0.895. The van der Waals surface area contributed by atoms with Gasteiger partial charge in [-0.25, -0.2) is 9.37 Å². The van der Waals surface area contributed by atoms with Crippen LogP contribution in [-0.4, -0.2) is 46.1 Å². The van der Waals surface area contributed by atoms with Crippen molar-refractivity contribution in [2.45, 2.75) is 18.7 Å². The number of carbonyl (C=O) groups excluding carboxylic acids is 2. The molecule has 0 saturated carbocycles. The fourth-order valence-corrected chi connectivity index (χ4v) is 3.89. The molecule has 1 aliphatic heterocycles. The second kappa shape index (κ2) is 10.1. The van der Waals surface area contributed by atoms with Crippen LogP contribution in [0.4, 0.5) is 10.1 Å². The summed E-state index contributed by atoms with van der Waals surface area (Å²) in [4.78, 5) is 30.3. The first-order valence-corrected chi connectivity index (χ1v) is 10.6. The molecular formula is C24H21ClFN3O4. The Morgan fingerprint density at radius 2 is 1.91 bits per heavy atom. The summed E-state index contributed by atoms with van der Waals surface area (Å²) < 4.78 is 19.0. The summed E-state index contributed by atoms with van der Waals surface area (Å²) in [6, 6.07) is 15.3. The number of halogens is 2. The molecular weight excluding hydrogens is 449 g/mol. The Morgan fingerprint density at radius 1 is 1.18 bits per heavy atom. The normalized spacial score (nSPS) is 18.3. The van der Waals surface area contributed by atoms with Gasteiger partial charge in [-0.1, -0.05) is 35.9 Å². The number of hydrogen-bond donors (Lipinski definition) is 2. The van der Waals surface area contributed by atoms with Crippen LogP contribution in [0.2, 0.25) is 5.15 Å². The fourth-order valence-electron chi connectivity index (χ4n) is 3.71. The number of carbonyl (C=O) groups is 2. The van der Waals surface area contributed by atoms with Gasteiger partial charge in [0.25, 0.3) is 5.91 Å². The summed E-state index contributed by atoms with van der Waals surface area (Å²) >= 11 is 5.84. The average molecular weight is 470 g/mol. The van der Waals surface area contributed by atoms with Gasteiger partial charge in [0.1, 0.15) is 23.7 Å². The molecule has 4 rings (SSSR count). The number of nitrogens with one attached hydrogen (secondary N) is 1. The van der Waals surface area contributed by atoms with Gasteiger partial charge < -0.3 is 20.1 Å². The maximum Gasteiger partial charge on any atom is 0.255 e. The molecule has 2 aromatic carbocycles. The van der Waals surface area contributed by atoms with Gasteiger partial charge in [-0.2, -0.15) is 0 Å². The third kappa shape index (κ3) is 5.36. The van der Waals surface area contributed by atoms with Gasteiger partial charge in [-0.05, 0) is 47.5 Å². The summed E-state index contributed by atoms with van der Waals surface area (Å²) in [6.45, 7) is -0.213. The van der Waals surface area contributed by atoms with E-state index in [0.717, 1.165) is 11.1 Å². The predicted molar refractivity (Wildman–Crippen MR) is 120 cm³/mol. The molecule has 7 nitrogen and oxygen atoms in total. The summed E-state index contributed by atoms with van der Waals surface area (Å²) in [5, 5.41) is 13.1. The Kier molecular flexibility index (Phi) is 6.98. The van der Waals surface area contributed by atoms with E-state index in [4.69, 9.17) is 16.3 Å². The molecule has 1 aliphatic rings. The van der Waals surface area contributed by atoms with Crippen molar-refractivity contribution in [1.29, 1.82) is 0 Å². The number of aliphatic hydroxyl groups is 1. The van der Waals surface area contributed by atoms with E-state index in [2.05, 4.69) is 10.3 Å². The third-order valence-corrected chi connectivity index (χ3v) is 5.60. The standard InChI is InChI=1S/C24H21ClFN3O4/c25-21-11-17(9-10-27-21)24(32)28-19-7-3-16(4-8-19)23-20(13-30)29(22(31)14-33-23)12-15-1-5-18(26)6-2-15/h1-11,20,23,30H,12-14H2,(H,28,32). The fraction of sp³-hybridized carbons (Fsp3) is 0.208. The smallest absolute Gasteiger partial charge is 0.255 e. The lowest BCUT2D eigenvalue weighted by Gasteiger charge is -2.40. The van der Waals surface area contributed by atoms with E-state index in [1.807, 2.05) is 0 Å². The van der Waals surface area contributed by atoms with Crippen LogP contribution in [0.25, 0.3) is 0 Å². The Morgan fingerprint density at radius 3 is 2.58 bits per heavy atom. The van der Waals surface area contributed by atoms with Crippen LogP contribution < -0.4 is 5.32 Å². The van der Waals surface area contributed by atoms with Crippen molar-refractivity contribution in [2.24, 2.45) is 0 Å². The van der Waals surface area contributed by atoms with Crippen LogP contribution >= 0.6 is 11.6 Å². The van der Waals surface area contributed by atoms with Crippen molar-refractivity contribution >= 4 is 29.1 Å². The van der Waals surface area contributed by atoms with Gasteiger partial charge in [-0.3, -0.25) is 9.59 Å². The molecule has 0 radical (unpaired) electrons. The molecule has 0 aliphatic carbocycles. The highest BCUT2D eigenvalue weighted by Gasteiger charge is 2.37. The SMILES string of the molecule is O=C(Nc1ccc(C2OCC(=O)N(Cc3ccc(F)cc3)C2CO)cc1)c1ccnc(Cl)c1. The molecule has 33 heavy (non-hydrogen) atoms. The van der Waals surface area contributed by atoms with E-state index in [-0.39, 0.29) is 42.5 Å². The first-order chi connectivity index (χ1) is 15.9. The summed E-state index contributed by atoms with van der Waals surface area (Å²) in [5.41, 5.74) is 2.44. The van der Waals surface area contributed by atoms with Gasteiger partial charge in [0.15, 0.2) is 0 Å². The number of morpholine rings is 1. The number of rotatable bonds is 6. The quantitative estimate of drug-likeness (QED) is 0.538. The Bertz CT molecular complexity index is 1140. The Hall–Kier alpha value is -3.33. The number of aliphatic hydroxyl groups excluding tert-OH is 1. The lowest BCUT2D eigenvalue weighted by molar-refractivity contribution is -0.162. The van der Waals surface area contributed by atoms with E-state index in [1.54, 1.807) is 47.4 Å². The zero-order chi connectivity index (χ0) is 23.4. The molecule has 0 spiro atoms. The maximum absolute atomic E-state index is 13.2. The van der Waals surface area contributed by atoms with Crippen LogP contribution in [0.15, 0.2) is 66.9 Å². The molecule has 0 bridgehead atoms. The molecule has 1 fully saturated rings. The topological polar surface area (TPSA) is 91.8 Å². The number of anilines is 1. The van der Waals surface area contributed by atoms with E-state index in [9.17, 15) is 19.1 Å². The zero-order valence-corrected chi connectivity index (χ0v) is 18.2. The van der Waals surface area contributed by atoms with Gasteiger partial charge in [-0.15, -0.1) is 0 Å². The minimum atomic E-state index is -0.615. The van der Waals surface area contributed by atoms with Gasteiger partial charge in [0.05, 0.1) is 12.6 Å². The van der Waals surface area contributed by atoms with Gasteiger partial charge >= 0.3 is 0 Å². The number of amides is 2. The van der Waals surface area contributed by atoms with Gasteiger partial charge in [0.2, 0.25) is 5.91 Å². The molecule has 2 atom stereocenters. The third-order valence-electron chi connectivity index (χ3n) is 5.40. The van der Waals surface area contributed by atoms with Crippen molar-refractivity contribution in [2.75, 3.05) is 18.5 Å². The second-order valence-electron chi connectivity index (χ2n) is 7.57. The highest BCUT2D eigenvalue weighted by atomic mass is 35.5. The number of benzene rings is 2. The number of hydrogen-bond acceptors (Lipinski definition) is 5. The highest BCUT2D eigenvalue weighted by Crippen LogP contribution is 2.31. The minimum absolute atomic E-state index is 0.135. The van der Waals surface area contributed by atoms with E-state index < -0.39 is 12.1 Å². The van der Waals surface area contributed by atoms with Crippen molar-refractivity contribution < 1.29 is 23.8 Å². The van der Waals surface area contributed by atoms with Crippen LogP contribution in [-0.2, 0) is 16.1 Å². The molecule has 1 saturated heterocycles. The Labute approximate surface area is 194 Å². The second-order valence-corrected chi connectivity index (χ2v) is 7.96. The molecule has 3 aromatic rings. The molecule has 1 aromatic heterocycles. The predicted octanol–water partition coefficient (Wildman–Crippen LogP) is 3.59. The molecule has 2 amide bonds. The molecule has 2 heterocycles. The lowest BCUT2D eigenvalue weighted by atomic mass is 9.98. The summed E-state index contributed by atoms with van der Waals surface area (Å²) in [7, 11) is 0. The summed E-state index contributed by atoms with van der Waals surface area (Å²) in [5.74, 6) is -0.942. The first kappa shape index (κ1) is 22.8. The Balaban J connectivity index is 1.48. The van der Waals surface area contributed by atoms with Crippen molar-refractivity contribution in [3.8, 4) is 0 Å².